The normalized spacial score (nSPS) is 11.9. The van der Waals surface area contributed by atoms with E-state index in [0.717, 1.165) is 29.0 Å². The third-order valence-electron chi connectivity index (χ3n) is 5.47. The summed E-state index contributed by atoms with van der Waals surface area (Å²) in [5.41, 5.74) is 1.69. The Labute approximate surface area is 248 Å². The Hall–Kier alpha value is -2.01. The van der Waals surface area contributed by atoms with Crippen molar-refractivity contribution in [2.75, 3.05) is 7.11 Å². The van der Waals surface area contributed by atoms with Gasteiger partial charge in [0.15, 0.2) is 11.5 Å². The predicted molar refractivity (Wildman–Crippen MR) is 162 cm³/mol. The monoisotopic (exact) mass is 753 g/mol. The molecule has 37 heavy (non-hydrogen) atoms. The summed E-state index contributed by atoms with van der Waals surface area (Å²) < 4.78 is 16.5. The molecule has 0 spiro atoms. The number of hydrogen-bond donors (Lipinski definition) is 0. The highest BCUT2D eigenvalue weighted by atomic mass is 79.9. The van der Waals surface area contributed by atoms with Crippen LogP contribution in [0.3, 0.4) is 0 Å². The molecule has 0 bridgehead atoms. The summed E-state index contributed by atoms with van der Waals surface area (Å²) >= 11 is 14.1. The maximum atomic E-state index is 13.4. The summed E-state index contributed by atoms with van der Waals surface area (Å²) in [4.78, 5) is 18.2. The van der Waals surface area contributed by atoms with E-state index in [1.165, 1.54) is 4.68 Å². The highest BCUT2D eigenvalue weighted by Gasteiger charge is 2.23. The van der Waals surface area contributed by atoms with Crippen LogP contribution in [0.25, 0.3) is 10.9 Å². The molecule has 1 aromatic heterocycles. The van der Waals surface area contributed by atoms with Crippen molar-refractivity contribution in [2.24, 2.45) is 5.10 Å². The van der Waals surface area contributed by atoms with Gasteiger partial charge in [0.25, 0.3) is 5.56 Å². The zero-order valence-corrected chi connectivity index (χ0v) is 26.8. The minimum atomic E-state index is -0.411. The lowest BCUT2D eigenvalue weighted by Crippen LogP contribution is -2.29. The molecule has 0 N–H and O–H groups in total. The van der Waals surface area contributed by atoms with Gasteiger partial charge in [-0.2, -0.15) is 9.78 Å². The van der Waals surface area contributed by atoms with Gasteiger partial charge in [-0.1, -0.05) is 74.6 Å². The Balaban J connectivity index is 1.71. The maximum absolute atomic E-state index is 13.4. The largest absolute Gasteiger partial charge is 0.493 e. The van der Waals surface area contributed by atoms with Gasteiger partial charge in [0.2, 0.25) is 0 Å². The lowest BCUT2D eigenvalue weighted by molar-refractivity contribution is 0.283. The molecule has 0 unspecified atom stereocenters. The number of aromatic nitrogens is 2. The van der Waals surface area contributed by atoms with Crippen molar-refractivity contribution in [3.05, 3.63) is 93.7 Å². The molecule has 3 aromatic carbocycles. The zero-order valence-electron chi connectivity index (χ0n) is 20.5. The van der Waals surface area contributed by atoms with Crippen LogP contribution in [-0.2, 0) is 12.0 Å². The lowest BCUT2D eigenvalue weighted by atomic mass is 9.95. The second kappa shape index (κ2) is 11.4. The summed E-state index contributed by atoms with van der Waals surface area (Å²) in [7, 11) is 1.58. The van der Waals surface area contributed by atoms with Crippen LogP contribution < -0.4 is 15.0 Å². The highest BCUT2D eigenvalue weighted by Crippen LogP contribution is 2.34. The van der Waals surface area contributed by atoms with Crippen molar-refractivity contribution >= 4 is 80.8 Å². The van der Waals surface area contributed by atoms with E-state index in [2.05, 4.69) is 68.8 Å². The second-order valence-electron chi connectivity index (χ2n) is 9.26. The van der Waals surface area contributed by atoms with E-state index in [1.807, 2.05) is 63.2 Å². The third kappa shape index (κ3) is 6.35. The van der Waals surface area contributed by atoms with Crippen molar-refractivity contribution in [3.63, 3.8) is 0 Å². The predicted octanol–water partition coefficient (Wildman–Crippen LogP) is 8.21. The lowest BCUT2D eigenvalue weighted by Gasteiger charge is -2.21. The van der Waals surface area contributed by atoms with E-state index < -0.39 is 5.41 Å². The van der Waals surface area contributed by atoms with Gasteiger partial charge >= 0.3 is 0 Å². The van der Waals surface area contributed by atoms with Crippen LogP contribution in [0.1, 0.15) is 37.7 Å². The molecule has 0 fully saturated rings. The fourth-order valence-electron chi connectivity index (χ4n) is 3.58. The number of methoxy groups -OCH3 is 1. The van der Waals surface area contributed by atoms with Crippen LogP contribution in [0.15, 0.2) is 76.3 Å². The molecule has 4 aromatic rings. The molecule has 192 valence electrons. The van der Waals surface area contributed by atoms with Crippen LogP contribution in [0, 0.1) is 0 Å². The molecule has 10 heteroatoms. The van der Waals surface area contributed by atoms with Crippen LogP contribution >= 0.6 is 63.7 Å². The number of rotatable bonds is 6. The van der Waals surface area contributed by atoms with Crippen molar-refractivity contribution in [2.45, 2.75) is 32.8 Å². The number of nitrogens with zero attached hydrogens (tertiary/aromatic N) is 3. The van der Waals surface area contributed by atoms with Gasteiger partial charge < -0.3 is 9.47 Å². The first kappa shape index (κ1) is 28.0. The van der Waals surface area contributed by atoms with Gasteiger partial charge in [-0.15, -0.1) is 0 Å². The Morgan fingerprint density at radius 2 is 1.65 bits per heavy atom. The molecular formula is C27H23Br4N3O3. The molecule has 0 amide bonds. The topological polar surface area (TPSA) is 65.7 Å². The number of benzene rings is 3. The number of fused-ring (bicyclic) bond motifs is 1. The molecule has 4 rings (SSSR count). The quantitative estimate of drug-likeness (QED) is 0.186. The molecule has 1 heterocycles. The number of halogens is 4. The SMILES string of the molecule is COc1cc(C=Nn2c(C(C)(C)C)nc3ccc(Br)cc3c2=O)c(Br)cc1OCc1ccc(Br)cc1Br. The second-order valence-corrected chi connectivity index (χ2v) is 12.8. The van der Waals surface area contributed by atoms with E-state index in [9.17, 15) is 4.79 Å². The zero-order chi connectivity index (χ0) is 26.9. The van der Waals surface area contributed by atoms with Crippen molar-refractivity contribution in [3.8, 4) is 11.5 Å². The standard InChI is InChI=1S/C27H23Br4N3O3/c1-27(2,3)26-33-22-8-7-17(28)10-19(22)25(35)34(26)32-13-16-9-23(36-4)24(12-21(16)31)37-14-15-5-6-18(29)11-20(15)30/h5-13H,14H2,1-4H3. The smallest absolute Gasteiger partial charge is 0.282 e. The third-order valence-corrected chi connectivity index (χ3v) is 7.88. The molecule has 0 aliphatic rings. The number of ether oxygens (including phenoxy) is 2. The van der Waals surface area contributed by atoms with Gasteiger partial charge in [-0.05, 0) is 58.4 Å². The Morgan fingerprint density at radius 1 is 0.946 bits per heavy atom. The van der Waals surface area contributed by atoms with Gasteiger partial charge in [0.05, 0.1) is 24.2 Å². The van der Waals surface area contributed by atoms with Gasteiger partial charge in [0.1, 0.15) is 12.4 Å². The molecule has 0 saturated carbocycles. The van der Waals surface area contributed by atoms with Crippen molar-refractivity contribution in [1.82, 2.24) is 9.66 Å². The molecule has 6 nitrogen and oxygen atoms in total. The molecule has 0 atom stereocenters. The van der Waals surface area contributed by atoms with Gasteiger partial charge in [0, 0.05) is 34.4 Å². The van der Waals surface area contributed by atoms with E-state index in [-0.39, 0.29) is 5.56 Å². The summed E-state index contributed by atoms with van der Waals surface area (Å²) in [5, 5.41) is 5.05. The first-order valence-corrected chi connectivity index (χ1v) is 14.4. The fraction of sp³-hybridized carbons (Fsp3) is 0.222. The summed E-state index contributed by atoms with van der Waals surface area (Å²) in [5.74, 6) is 1.68. The maximum Gasteiger partial charge on any atom is 0.282 e. The summed E-state index contributed by atoms with van der Waals surface area (Å²) in [6.45, 7) is 6.35. The van der Waals surface area contributed by atoms with Crippen LogP contribution in [0.2, 0.25) is 0 Å². The Kier molecular flexibility index (Phi) is 8.62. The molecule has 0 aliphatic heterocycles. The highest BCUT2D eigenvalue weighted by molar-refractivity contribution is 9.11. The van der Waals surface area contributed by atoms with Gasteiger partial charge in [-0.25, -0.2) is 4.98 Å². The minimum absolute atomic E-state index is 0.240. The van der Waals surface area contributed by atoms with E-state index >= 15 is 0 Å². The Morgan fingerprint density at radius 3 is 2.32 bits per heavy atom. The molecule has 0 aliphatic carbocycles. The Bertz CT molecular complexity index is 1580. The van der Waals surface area contributed by atoms with Crippen molar-refractivity contribution < 1.29 is 9.47 Å². The van der Waals surface area contributed by atoms with E-state index in [0.29, 0.717) is 34.8 Å². The summed E-state index contributed by atoms with van der Waals surface area (Å²) in [6, 6.07) is 15.0. The number of hydrogen-bond acceptors (Lipinski definition) is 5. The average molecular weight is 757 g/mol. The van der Waals surface area contributed by atoms with E-state index in [1.54, 1.807) is 19.4 Å². The van der Waals surface area contributed by atoms with Gasteiger partial charge in [-0.3, -0.25) is 4.79 Å². The average Bonchev–Trinajstić information content (AvgIpc) is 2.83. The first-order chi connectivity index (χ1) is 17.5. The first-order valence-electron chi connectivity index (χ1n) is 11.2. The van der Waals surface area contributed by atoms with Crippen LogP contribution in [0.5, 0.6) is 11.5 Å². The molecule has 0 saturated heterocycles. The molecular weight excluding hydrogens is 734 g/mol. The fourth-order valence-corrected chi connectivity index (χ4v) is 5.52. The molecule has 0 radical (unpaired) electrons. The van der Waals surface area contributed by atoms with Crippen LogP contribution in [-0.4, -0.2) is 23.0 Å². The van der Waals surface area contributed by atoms with Crippen LogP contribution in [0.4, 0.5) is 0 Å². The van der Waals surface area contributed by atoms with E-state index in [4.69, 9.17) is 14.5 Å². The summed E-state index contributed by atoms with van der Waals surface area (Å²) in [6.07, 6.45) is 1.61. The minimum Gasteiger partial charge on any atom is -0.493 e. The van der Waals surface area contributed by atoms with Crippen molar-refractivity contribution in [1.29, 1.82) is 0 Å².